The van der Waals surface area contributed by atoms with E-state index >= 15 is 0 Å². The van der Waals surface area contributed by atoms with Crippen molar-refractivity contribution in [3.8, 4) is 11.5 Å². The molecule has 0 fully saturated rings. The van der Waals surface area contributed by atoms with E-state index < -0.39 is 28.5 Å². The summed E-state index contributed by atoms with van der Waals surface area (Å²) in [4.78, 5) is 27.7. The normalized spacial score (nSPS) is 13.3. The van der Waals surface area contributed by atoms with Crippen LogP contribution in [0, 0.1) is 0 Å². The van der Waals surface area contributed by atoms with E-state index in [1.807, 2.05) is 6.92 Å². The lowest BCUT2D eigenvalue weighted by molar-refractivity contribution is -0.139. The van der Waals surface area contributed by atoms with Crippen LogP contribution in [-0.4, -0.2) is 57.3 Å². The highest BCUT2D eigenvalue weighted by molar-refractivity contribution is 7.92. The lowest BCUT2D eigenvalue weighted by atomic mass is 10.1. The maximum absolute atomic E-state index is 13.5. The smallest absolute Gasteiger partial charge is 0.244 e. The van der Waals surface area contributed by atoms with Gasteiger partial charge in [0.25, 0.3) is 0 Å². The third-order valence-electron chi connectivity index (χ3n) is 5.62. The molecule has 0 radical (unpaired) electrons. The Hall–Kier alpha value is -2.98. The van der Waals surface area contributed by atoms with Crippen molar-refractivity contribution in [1.29, 1.82) is 0 Å². The van der Waals surface area contributed by atoms with E-state index in [1.165, 1.54) is 11.0 Å². The van der Waals surface area contributed by atoms with Crippen LogP contribution in [0.3, 0.4) is 0 Å². The summed E-state index contributed by atoms with van der Waals surface area (Å²) in [6.45, 7) is 3.68. The molecule has 9 nitrogen and oxygen atoms in total. The fourth-order valence-corrected chi connectivity index (χ4v) is 4.62. The van der Waals surface area contributed by atoms with Gasteiger partial charge >= 0.3 is 0 Å². The Morgan fingerprint density at radius 2 is 1.86 bits per heavy atom. The highest BCUT2D eigenvalue weighted by Gasteiger charge is 2.31. The third-order valence-corrected chi connectivity index (χ3v) is 7.13. The molecule has 1 aliphatic rings. The van der Waals surface area contributed by atoms with E-state index in [0.717, 1.165) is 23.4 Å². The number of hydrogen-bond acceptors (Lipinski definition) is 6. The molecule has 0 saturated carbocycles. The molecule has 0 aliphatic carbocycles. The summed E-state index contributed by atoms with van der Waals surface area (Å²) in [5, 5.41) is 3.28. The molecule has 0 aromatic heterocycles. The summed E-state index contributed by atoms with van der Waals surface area (Å²) in [6, 6.07) is 10.8. The van der Waals surface area contributed by atoms with Crippen LogP contribution in [0.25, 0.3) is 0 Å². The lowest BCUT2D eigenvalue weighted by Crippen LogP contribution is -2.51. The van der Waals surface area contributed by atoms with E-state index in [2.05, 4.69) is 5.32 Å². The van der Waals surface area contributed by atoms with Gasteiger partial charge in [0.05, 0.1) is 11.9 Å². The number of anilines is 1. The van der Waals surface area contributed by atoms with Crippen LogP contribution in [0.5, 0.6) is 11.5 Å². The van der Waals surface area contributed by atoms with Gasteiger partial charge in [0.15, 0.2) is 11.5 Å². The number of rotatable bonds is 11. The number of fused-ring (bicyclic) bond motifs is 1. The van der Waals surface area contributed by atoms with Crippen molar-refractivity contribution in [3.05, 3.63) is 53.1 Å². The molecule has 1 atom stereocenters. The SMILES string of the molecule is CCCCNC(=O)[C@H](C)N(Cc1ccccc1Cl)C(=O)CN(c1ccc2c(c1)OCO2)S(C)(=O)=O. The Kier molecular flexibility index (Phi) is 8.85. The van der Waals surface area contributed by atoms with Crippen molar-refractivity contribution < 1.29 is 27.5 Å². The van der Waals surface area contributed by atoms with Crippen molar-refractivity contribution in [3.63, 3.8) is 0 Å². The number of nitrogens with zero attached hydrogens (tertiary/aromatic N) is 2. The van der Waals surface area contributed by atoms with Gasteiger partial charge in [-0.05, 0) is 37.1 Å². The van der Waals surface area contributed by atoms with Crippen LogP contribution >= 0.6 is 11.6 Å². The summed E-state index contributed by atoms with van der Waals surface area (Å²) >= 11 is 6.32. The largest absolute Gasteiger partial charge is 0.454 e. The number of amides is 2. The molecule has 2 aromatic carbocycles. The Morgan fingerprint density at radius 1 is 1.14 bits per heavy atom. The predicted molar refractivity (Wildman–Crippen MR) is 134 cm³/mol. The standard InChI is InChI=1S/C24H30ClN3O6S/c1-4-5-12-26-24(30)17(2)27(14-18-8-6-7-9-20(18)25)23(29)15-28(35(3,31)32)19-10-11-21-22(13-19)34-16-33-21/h6-11,13,17H,4-5,12,14-16H2,1-3H3,(H,26,30)/t17-/m0/s1. The van der Waals surface area contributed by atoms with E-state index in [0.29, 0.717) is 28.6 Å². The number of halogens is 1. The summed E-state index contributed by atoms with van der Waals surface area (Å²) in [7, 11) is -3.85. The quantitative estimate of drug-likeness (QED) is 0.454. The second kappa shape index (κ2) is 11.6. The van der Waals surface area contributed by atoms with Gasteiger partial charge in [-0.1, -0.05) is 43.1 Å². The van der Waals surface area contributed by atoms with Crippen LogP contribution in [0.15, 0.2) is 42.5 Å². The van der Waals surface area contributed by atoms with E-state index in [4.69, 9.17) is 21.1 Å². The highest BCUT2D eigenvalue weighted by atomic mass is 35.5. The monoisotopic (exact) mass is 523 g/mol. The minimum Gasteiger partial charge on any atom is -0.454 e. The maximum atomic E-state index is 13.5. The Balaban J connectivity index is 1.89. The van der Waals surface area contributed by atoms with Crippen molar-refractivity contribution in [2.75, 3.05) is 30.4 Å². The lowest BCUT2D eigenvalue weighted by Gasteiger charge is -2.31. The van der Waals surface area contributed by atoms with Gasteiger partial charge < -0.3 is 19.7 Å². The Morgan fingerprint density at radius 3 is 2.54 bits per heavy atom. The zero-order valence-electron chi connectivity index (χ0n) is 20.0. The Labute approximate surface area is 211 Å². The molecule has 0 saturated heterocycles. The number of unbranched alkanes of at least 4 members (excludes halogenated alkanes) is 1. The van der Waals surface area contributed by atoms with Crippen molar-refractivity contribution in [2.24, 2.45) is 0 Å². The van der Waals surface area contributed by atoms with E-state index in [9.17, 15) is 18.0 Å². The zero-order chi connectivity index (χ0) is 25.6. The summed E-state index contributed by atoms with van der Waals surface area (Å²) < 4.78 is 37.0. The second-order valence-corrected chi connectivity index (χ2v) is 10.6. The van der Waals surface area contributed by atoms with Gasteiger partial charge in [-0.2, -0.15) is 0 Å². The number of carbonyl (C=O) groups excluding carboxylic acids is 2. The van der Waals surface area contributed by atoms with Crippen LogP contribution in [0.4, 0.5) is 5.69 Å². The predicted octanol–water partition coefficient (Wildman–Crippen LogP) is 3.17. The minimum atomic E-state index is -3.85. The first-order chi connectivity index (χ1) is 16.6. The molecule has 2 aromatic rings. The highest BCUT2D eigenvalue weighted by Crippen LogP contribution is 2.36. The molecule has 1 N–H and O–H groups in total. The average Bonchev–Trinajstić information content (AvgIpc) is 3.28. The molecule has 0 unspecified atom stereocenters. The van der Waals surface area contributed by atoms with Gasteiger partial charge in [0.2, 0.25) is 28.6 Å². The first-order valence-electron chi connectivity index (χ1n) is 11.3. The maximum Gasteiger partial charge on any atom is 0.244 e. The average molecular weight is 524 g/mol. The number of hydrogen-bond donors (Lipinski definition) is 1. The number of ether oxygens (including phenoxy) is 2. The van der Waals surface area contributed by atoms with Gasteiger partial charge in [0, 0.05) is 24.2 Å². The molecule has 35 heavy (non-hydrogen) atoms. The minimum absolute atomic E-state index is 0.0346. The van der Waals surface area contributed by atoms with Crippen LogP contribution in [0.2, 0.25) is 5.02 Å². The van der Waals surface area contributed by atoms with Crippen molar-refractivity contribution in [1.82, 2.24) is 10.2 Å². The van der Waals surface area contributed by atoms with Crippen LogP contribution in [0.1, 0.15) is 32.3 Å². The van der Waals surface area contributed by atoms with Crippen LogP contribution < -0.4 is 19.1 Å². The number of benzene rings is 2. The molecule has 0 spiro atoms. The van der Waals surface area contributed by atoms with Crippen molar-refractivity contribution >= 4 is 39.1 Å². The van der Waals surface area contributed by atoms with E-state index in [1.54, 1.807) is 43.3 Å². The first kappa shape index (κ1) is 26.6. The summed E-state index contributed by atoms with van der Waals surface area (Å²) in [6.07, 6.45) is 2.74. The van der Waals surface area contributed by atoms with E-state index in [-0.39, 0.29) is 24.9 Å². The second-order valence-electron chi connectivity index (χ2n) is 8.24. The number of carbonyl (C=O) groups is 2. The fraction of sp³-hybridized carbons (Fsp3) is 0.417. The Bertz CT molecular complexity index is 1170. The molecule has 11 heteroatoms. The summed E-state index contributed by atoms with van der Waals surface area (Å²) in [5.74, 6) is 0.00503. The van der Waals surface area contributed by atoms with Crippen molar-refractivity contribution in [2.45, 2.75) is 39.3 Å². The van der Waals surface area contributed by atoms with Gasteiger partial charge in [-0.25, -0.2) is 8.42 Å². The molecule has 2 amide bonds. The first-order valence-corrected chi connectivity index (χ1v) is 13.5. The van der Waals surface area contributed by atoms with Gasteiger partial charge in [-0.15, -0.1) is 0 Å². The molecule has 0 bridgehead atoms. The summed E-state index contributed by atoms with van der Waals surface area (Å²) in [5.41, 5.74) is 0.896. The number of sulfonamides is 1. The molecular formula is C24H30ClN3O6S. The molecule has 1 heterocycles. The third kappa shape index (κ3) is 6.79. The molecular weight excluding hydrogens is 494 g/mol. The topological polar surface area (TPSA) is 105 Å². The van der Waals surface area contributed by atoms with Gasteiger partial charge in [-0.3, -0.25) is 13.9 Å². The van der Waals surface area contributed by atoms with Gasteiger partial charge in [0.1, 0.15) is 12.6 Å². The fourth-order valence-electron chi connectivity index (χ4n) is 3.58. The zero-order valence-corrected chi connectivity index (χ0v) is 21.6. The number of nitrogens with one attached hydrogen (secondary N) is 1. The molecule has 3 rings (SSSR count). The molecule has 190 valence electrons. The van der Waals surface area contributed by atoms with Crippen LogP contribution in [-0.2, 0) is 26.2 Å². The molecule has 1 aliphatic heterocycles.